The highest BCUT2D eigenvalue weighted by Gasteiger charge is 2.28. The van der Waals surface area contributed by atoms with Crippen molar-refractivity contribution in [3.8, 4) is 5.75 Å². The van der Waals surface area contributed by atoms with Gasteiger partial charge >= 0.3 is 10.3 Å². The largest absolute Gasteiger partial charge is 0.383 e. The van der Waals surface area contributed by atoms with E-state index >= 15 is 0 Å². The maximum Gasteiger partial charge on any atom is 0.383 e. The van der Waals surface area contributed by atoms with Gasteiger partial charge in [0.15, 0.2) is 0 Å². The van der Waals surface area contributed by atoms with Crippen LogP contribution in [0, 0.1) is 0 Å². The summed E-state index contributed by atoms with van der Waals surface area (Å²) in [4.78, 5) is 0. The van der Waals surface area contributed by atoms with Gasteiger partial charge in [0, 0.05) is 5.56 Å². The second-order valence-electron chi connectivity index (χ2n) is 3.15. The molecule has 76 valence electrons. The Morgan fingerprint density at radius 3 is 2.86 bits per heavy atom. The minimum absolute atomic E-state index is 0.176. The van der Waals surface area contributed by atoms with E-state index in [1.807, 2.05) is 19.1 Å². The highest BCUT2D eigenvalue weighted by molar-refractivity contribution is 7.85. The van der Waals surface area contributed by atoms with Crippen LogP contribution in [-0.2, 0) is 10.3 Å². The number of hydrogen-bond donors (Lipinski definition) is 1. The van der Waals surface area contributed by atoms with E-state index < -0.39 is 10.3 Å². The summed E-state index contributed by atoms with van der Waals surface area (Å²) in [6.45, 7) is 1.93. The van der Waals surface area contributed by atoms with Gasteiger partial charge in [-0.15, -0.1) is 0 Å². The Morgan fingerprint density at radius 2 is 2.14 bits per heavy atom. The van der Waals surface area contributed by atoms with Gasteiger partial charge in [-0.05, 0) is 12.5 Å². The standard InChI is InChI=1S/C9H11NO3S/c1-2-8-7-5-3-4-6-9(7)13-14(11,12)10-8/h3-6,8,10H,2H2,1H3. The van der Waals surface area contributed by atoms with Crippen LogP contribution in [0.2, 0.25) is 0 Å². The van der Waals surface area contributed by atoms with Crippen LogP contribution in [0.1, 0.15) is 24.9 Å². The summed E-state index contributed by atoms with van der Waals surface area (Å²) in [5.74, 6) is 0.429. The minimum atomic E-state index is -3.61. The number of nitrogens with one attached hydrogen (secondary N) is 1. The third-order valence-electron chi connectivity index (χ3n) is 2.19. The molecule has 5 heteroatoms. The molecular formula is C9H11NO3S. The summed E-state index contributed by atoms with van der Waals surface area (Å²) in [7, 11) is -3.61. The van der Waals surface area contributed by atoms with E-state index in [9.17, 15) is 8.42 Å². The van der Waals surface area contributed by atoms with Gasteiger partial charge < -0.3 is 4.18 Å². The molecule has 1 aliphatic rings. The molecule has 1 atom stereocenters. The first-order valence-corrected chi connectivity index (χ1v) is 5.84. The Morgan fingerprint density at radius 1 is 1.43 bits per heavy atom. The molecule has 1 N–H and O–H groups in total. The van der Waals surface area contributed by atoms with Crippen molar-refractivity contribution in [1.82, 2.24) is 4.72 Å². The molecule has 2 rings (SSSR count). The van der Waals surface area contributed by atoms with Crippen LogP contribution in [0.25, 0.3) is 0 Å². The van der Waals surface area contributed by atoms with Gasteiger partial charge in [-0.2, -0.15) is 13.1 Å². The molecule has 0 aliphatic carbocycles. The lowest BCUT2D eigenvalue weighted by Crippen LogP contribution is -2.36. The molecule has 0 fully saturated rings. The number of rotatable bonds is 1. The van der Waals surface area contributed by atoms with E-state index in [-0.39, 0.29) is 6.04 Å². The second kappa shape index (κ2) is 3.25. The number of hydrogen-bond acceptors (Lipinski definition) is 3. The van der Waals surface area contributed by atoms with Gasteiger partial charge in [0.2, 0.25) is 0 Å². The summed E-state index contributed by atoms with van der Waals surface area (Å²) in [5.41, 5.74) is 0.893. The van der Waals surface area contributed by atoms with E-state index in [1.54, 1.807) is 12.1 Å². The summed E-state index contributed by atoms with van der Waals surface area (Å²) >= 11 is 0. The summed E-state index contributed by atoms with van der Waals surface area (Å²) in [6.07, 6.45) is 0.708. The van der Waals surface area contributed by atoms with Gasteiger partial charge in [-0.1, -0.05) is 25.1 Å². The maximum absolute atomic E-state index is 11.2. The Hall–Kier alpha value is -1.07. The first kappa shape index (κ1) is 9.48. The van der Waals surface area contributed by atoms with Gasteiger partial charge in [-0.25, -0.2) is 0 Å². The van der Waals surface area contributed by atoms with E-state index in [2.05, 4.69) is 4.72 Å². The van der Waals surface area contributed by atoms with Crippen LogP contribution in [-0.4, -0.2) is 8.42 Å². The zero-order chi connectivity index (χ0) is 10.2. The quantitative estimate of drug-likeness (QED) is 0.766. The normalized spacial score (nSPS) is 23.6. The maximum atomic E-state index is 11.2. The Kier molecular flexibility index (Phi) is 2.20. The van der Waals surface area contributed by atoms with Crippen LogP contribution in [0.5, 0.6) is 5.75 Å². The Labute approximate surface area is 83.2 Å². The lowest BCUT2D eigenvalue weighted by molar-refractivity contribution is 0.425. The molecule has 1 aromatic rings. The van der Waals surface area contributed by atoms with Gasteiger partial charge in [0.05, 0.1) is 6.04 Å². The highest BCUT2D eigenvalue weighted by atomic mass is 32.2. The smallest absolute Gasteiger partial charge is 0.371 e. The third kappa shape index (κ3) is 1.60. The monoisotopic (exact) mass is 213 g/mol. The summed E-state index contributed by atoms with van der Waals surface area (Å²) in [5, 5.41) is 0. The van der Waals surface area contributed by atoms with Gasteiger partial charge in [0.25, 0.3) is 0 Å². The highest BCUT2D eigenvalue weighted by Crippen LogP contribution is 2.32. The molecule has 1 unspecified atom stereocenters. The topological polar surface area (TPSA) is 55.4 Å². The lowest BCUT2D eigenvalue weighted by atomic mass is 10.0. The van der Waals surface area contributed by atoms with Crippen molar-refractivity contribution in [3.05, 3.63) is 29.8 Å². The minimum Gasteiger partial charge on any atom is -0.371 e. The van der Waals surface area contributed by atoms with Crippen LogP contribution in [0.15, 0.2) is 24.3 Å². The predicted octanol–water partition coefficient (Wildman–Crippen LogP) is 1.36. The fourth-order valence-electron chi connectivity index (χ4n) is 1.53. The van der Waals surface area contributed by atoms with Crippen LogP contribution < -0.4 is 8.91 Å². The fourth-order valence-corrected chi connectivity index (χ4v) is 2.61. The number of benzene rings is 1. The molecule has 1 aliphatic heterocycles. The van der Waals surface area contributed by atoms with Crippen molar-refractivity contribution < 1.29 is 12.6 Å². The summed E-state index contributed by atoms with van der Waals surface area (Å²) in [6, 6.07) is 6.98. The Balaban J connectivity index is 2.51. The van der Waals surface area contributed by atoms with Crippen molar-refractivity contribution in [2.45, 2.75) is 19.4 Å². The fraction of sp³-hybridized carbons (Fsp3) is 0.333. The summed E-state index contributed by atoms with van der Waals surface area (Å²) < 4.78 is 29.8. The van der Waals surface area contributed by atoms with Crippen molar-refractivity contribution in [2.24, 2.45) is 0 Å². The zero-order valence-electron chi connectivity index (χ0n) is 7.73. The zero-order valence-corrected chi connectivity index (χ0v) is 8.54. The SMILES string of the molecule is CCC1NS(=O)(=O)Oc2ccccc21. The molecular weight excluding hydrogens is 202 g/mol. The van der Waals surface area contributed by atoms with Crippen molar-refractivity contribution in [3.63, 3.8) is 0 Å². The van der Waals surface area contributed by atoms with Crippen molar-refractivity contribution in [2.75, 3.05) is 0 Å². The molecule has 14 heavy (non-hydrogen) atoms. The van der Waals surface area contributed by atoms with Crippen LogP contribution in [0.3, 0.4) is 0 Å². The first-order chi connectivity index (χ1) is 6.62. The lowest BCUT2D eigenvalue weighted by Gasteiger charge is -2.24. The van der Waals surface area contributed by atoms with Gasteiger partial charge in [0.1, 0.15) is 5.75 Å². The van der Waals surface area contributed by atoms with Crippen molar-refractivity contribution >= 4 is 10.3 Å². The molecule has 0 spiro atoms. The van der Waals surface area contributed by atoms with Crippen LogP contribution >= 0.6 is 0 Å². The van der Waals surface area contributed by atoms with Crippen molar-refractivity contribution in [1.29, 1.82) is 0 Å². The molecule has 1 aromatic carbocycles. The number of fused-ring (bicyclic) bond motifs is 1. The molecule has 0 radical (unpaired) electrons. The molecule has 1 heterocycles. The van der Waals surface area contributed by atoms with E-state index in [0.717, 1.165) is 5.56 Å². The third-order valence-corrected chi connectivity index (χ3v) is 3.16. The van der Waals surface area contributed by atoms with Crippen LogP contribution in [0.4, 0.5) is 0 Å². The molecule has 0 saturated carbocycles. The second-order valence-corrected chi connectivity index (χ2v) is 4.46. The molecule has 0 saturated heterocycles. The average molecular weight is 213 g/mol. The van der Waals surface area contributed by atoms with Gasteiger partial charge in [-0.3, -0.25) is 0 Å². The Bertz CT molecular complexity index is 441. The average Bonchev–Trinajstić information content (AvgIpc) is 2.15. The van der Waals surface area contributed by atoms with E-state index in [0.29, 0.717) is 12.2 Å². The molecule has 0 aromatic heterocycles. The molecule has 0 bridgehead atoms. The predicted molar refractivity (Wildman–Crippen MR) is 52.2 cm³/mol. The van der Waals surface area contributed by atoms with E-state index in [1.165, 1.54) is 0 Å². The number of para-hydroxylation sites is 1. The van der Waals surface area contributed by atoms with E-state index in [4.69, 9.17) is 4.18 Å². The molecule has 4 nitrogen and oxygen atoms in total. The first-order valence-electron chi connectivity index (χ1n) is 4.43. The molecule has 0 amide bonds.